The van der Waals surface area contributed by atoms with Crippen LogP contribution in [-0.4, -0.2) is 17.5 Å². The highest BCUT2D eigenvalue weighted by Crippen LogP contribution is 2.17. The maximum atomic E-state index is 13.2. The van der Waals surface area contributed by atoms with Gasteiger partial charge in [-0.3, -0.25) is 9.59 Å². The van der Waals surface area contributed by atoms with Crippen molar-refractivity contribution < 1.29 is 13.6 Å². The molecule has 0 aliphatic carbocycles. The van der Waals surface area contributed by atoms with Crippen LogP contribution in [0.3, 0.4) is 0 Å². The van der Waals surface area contributed by atoms with E-state index >= 15 is 0 Å². The number of nitrogens with zero attached hydrogens (tertiary/aromatic N) is 2. The molecule has 2 rings (SSSR count). The van der Waals surface area contributed by atoms with E-state index in [2.05, 4.69) is 0 Å². The van der Waals surface area contributed by atoms with Gasteiger partial charge in [0.2, 0.25) is 11.5 Å². The molecule has 2 aromatic rings. The summed E-state index contributed by atoms with van der Waals surface area (Å²) >= 11 is 0. The quantitative estimate of drug-likeness (QED) is 0.869. The summed E-state index contributed by atoms with van der Waals surface area (Å²) in [6.45, 7) is 1.70. The van der Waals surface area contributed by atoms with Crippen LogP contribution in [0.4, 0.5) is 14.5 Å². The fraction of sp³-hybridized carbons (Fsp3) is 0.294. The average molecular weight is 320 g/mol. The second-order valence-corrected chi connectivity index (χ2v) is 5.62. The molecule has 23 heavy (non-hydrogen) atoms. The summed E-state index contributed by atoms with van der Waals surface area (Å²) in [4.78, 5) is 25.3. The van der Waals surface area contributed by atoms with Gasteiger partial charge < -0.3 is 9.47 Å². The van der Waals surface area contributed by atoms with Crippen LogP contribution in [0.1, 0.15) is 12.5 Å². The minimum Gasteiger partial charge on any atom is -0.317 e. The number of pyridine rings is 1. The van der Waals surface area contributed by atoms with Gasteiger partial charge in [-0.15, -0.1) is 0 Å². The van der Waals surface area contributed by atoms with Crippen molar-refractivity contribution in [1.82, 2.24) is 4.57 Å². The van der Waals surface area contributed by atoms with Gasteiger partial charge >= 0.3 is 0 Å². The maximum Gasteiger partial charge on any atom is 0.250 e. The minimum absolute atomic E-state index is 0.169. The molecule has 0 aliphatic rings. The lowest BCUT2D eigenvalue weighted by Crippen LogP contribution is -2.33. The van der Waals surface area contributed by atoms with E-state index in [0.29, 0.717) is 11.3 Å². The van der Waals surface area contributed by atoms with E-state index in [1.165, 1.54) is 27.7 Å². The number of anilines is 1. The molecule has 0 spiro atoms. The van der Waals surface area contributed by atoms with Crippen LogP contribution in [0.5, 0.6) is 0 Å². The third kappa shape index (κ3) is 4.03. The van der Waals surface area contributed by atoms with Gasteiger partial charge in [-0.2, -0.15) is 0 Å². The van der Waals surface area contributed by atoms with E-state index in [0.717, 1.165) is 6.07 Å². The Morgan fingerprint density at radius 2 is 1.83 bits per heavy atom. The Labute approximate surface area is 133 Å². The standard InChI is InChI=1S/C17H18F2N2O2/c1-11(6-12-7-13(18)9-14(19)8-12)17(23)21(3)15-4-5-16(22)20(2)10-15/h4-5,7-11H,6H2,1-3H3/t11-/m0/s1. The molecular weight excluding hydrogens is 302 g/mol. The van der Waals surface area contributed by atoms with Crippen molar-refractivity contribution in [3.05, 3.63) is 64.1 Å². The van der Waals surface area contributed by atoms with Crippen LogP contribution in [-0.2, 0) is 18.3 Å². The molecule has 1 aromatic carbocycles. The number of amides is 1. The molecule has 0 radical (unpaired) electrons. The van der Waals surface area contributed by atoms with Crippen LogP contribution in [0.25, 0.3) is 0 Å². The molecule has 0 saturated heterocycles. The average Bonchev–Trinajstić information content (AvgIpc) is 2.47. The summed E-state index contributed by atoms with van der Waals surface area (Å²) in [6.07, 6.45) is 1.79. The lowest BCUT2D eigenvalue weighted by atomic mass is 9.99. The Morgan fingerprint density at radius 3 is 2.39 bits per heavy atom. The van der Waals surface area contributed by atoms with Gasteiger partial charge in [0.1, 0.15) is 11.6 Å². The highest BCUT2D eigenvalue weighted by molar-refractivity contribution is 5.94. The molecule has 0 fully saturated rings. The van der Waals surface area contributed by atoms with Gasteiger partial charge in [-0.1, -0.05) is 6.92 Å². The monoisotopic (exact) mass is 320 g/mol. The predicted molar refractivity (Wildman–Crippen MR) is 84.3 cm³/mol. The van der Waals surface area contributed by atoms with Gasteiger partial charge in [0.15, 0.2) is 0 Å². The Bertz CT molecular complexity index is 766. The highest BCUT2D eigenvalue weighted by Gasteiger charge is 2.20. The van der Waals surface area contributed by atoms with Crippen molar-refractivity contribution in [2.45, 2.75) is 13.3 Å². The van der Waals surface area contributed by atoms with Gasteiger partial charge in [0.25, 0.3) is 0 Å². The SMILES string of the molecule is C[C@@H](Cc1cc(F)cc(F)c1)C(=O)N(C)c1ccc(=O)n(C)c1. The molecule has 1 amide bonds. The first-order valence-electron chi connectivity index (χ1n) is 7.17. The maximum absolute atomic E-state index is 13.2. The summed E-state index contributed by atoms with van der Waals surface area (Å²) in [5.41, 5.74) is 0.837. The number of halogens is 2. The lowest BCUT2D eigenvalue weighted by molar-refractivity contribution is -0.121. The van der Waals surface area contributed by atoms with E-state index in [1.807, 2.05) is 0 Å². The van der Waals surface area contributed by atoms with Crippen molar-refractivity contribution in [1.29, 1.82) is 0 Å². The summed E-state index contributed by atoms with van der Waals surface area (Å²) in [5.74, 6) is -1.98. The molecule has 1 atom stereocenters. The highest BCUT2D eigenvalue weighted by atomic mass is 19.1. The Balaban J connectivity index is 2.14. The molecule has 0 saturated carbocycles. The van der Waals surface area contributed by atoms with Gasteiger partial charge in [-0.25, -0.2) is 8.78 Å². The van der Waals surface area contributed by atoms with Gasteiger partial charge in [0, 0.05) is 38.3 Å². The number of rotatable bonds is 4. The summed E-state index contributed by atoms with van der Waals surface area (Å²) in [5, 5.41) is 0. The minimum atomic E-state index is -0.661. The second kappa shape index (κ2) is 6.73. The molecule has 4 nitrogen and oxygen atoms in total. The molecule has 122 valence electrons. The third-order valence-corrected chi connectivity index (χ3v) is 3.67. The van der Waals surface area contributed by atoms with E-state index in [4.69, 9.17) is 0 Å². The van der Waals surface area contributed by atoms with E-state index in [1.54, 1.807) is 33.3 Å². The number of carbonyl (C=O) groups excluding carboxylic acids is 1. The number of benzene rings is 1. The van der Waals surface area contributed by atoms with E-state index in [-0.39, 0.29) is 17.9 Å². The van der Waals surface area contributed by atoms with Crippen LogP contribution in [0, 0.1) is 17.6 Å². The Hall–Kier alpha value is -2.50. The summed E-state index contributed by atoms with van der Waals surface area (Å²) in [6, 6.07) is 6.19. The Morgan fingerprint density at radius 1 is 1.22 bits per heavy atom. The van der Waals surface area contributed by atoms with Crippen molar-refractivity contribution in [3.8, 4) is 0 Å². The van der Waals surface area contributed by atoms with Crippen LogP contribution >= 0.6 is 0 Å². The van der Waals surface area contributed by atoms with E-state index < -0.39 is 17.6 Å². The van der Waals surface area contributed by atoms with E-state index in [9.17, 15) is 18.4 Å². The van der Waals surface area contributed by atoms with Crippen molar-refractivity contribution in [2.24, 2.45) is 13.0 Å². The fourth-order valence-corrected chi connectivity index (χ4v) is 2.41. The predicted octanol–water partition coefficient (Wildman–Crippen LogP) is 2.51. The number of aryl methyl sites for hydroxylation is 1. The normalized spacial score (nSPS) is 12.0. The molecule has 0 aliphatic heterocycles. The molecule has 1 aromatic heterocycles. The molecule has 1 heterocycles. The van der Waals surface area contributed by atoms with Crippen LogP contribution in [0.15, 0.2) is 41.3 Å². The van der Waals surface area contributed by atoms with Crippen molar-refractivity contribution in [3.63, 3.8) is 0 Å². The van der Waals surface area contributed by atoms with Crippen LogP contribution < -0.4 is 10.5 Å². The topological polar surface area (TPSA) is 42.3 Å². The number of carbonyl (C=O) groups is 1. The third-order valence-electron chi connectivity index (χ3n) is 3.67. The molecule has 6 heteroatoms. The summed E-state index contributed by atoms with van der Waals surface area (Å²) < 4.78 is 27.8. The lowest BCUT2D eigenvalue weighted by Gasteiger charge is -2.22. The number of aromatic nitrogens is 1. The summed E-state index contributed by atoms with van der Waals surface area (Å²) in [7, 11) is 3.20. The first kappa shape index (κ1) is 16.9. The smallest absolute Gasteiger partial charge is 0.250 e. The van der Waals surface area contributed by atoms with Gasteiger partial charge in [-0.05, 0) is 30.2 Å². The zero-order chi connectivity index (χ0) is 17.1. The number of hydrogen-bond acceptors (Lipinski definition) is 2. The van der Waals surface area contributed by atoms with Crippen LogP contribution in [0.2, 0.25) is 0 Å². The van der Waals surface area contributed by atoms with Crippen molar-refractivity contribution in [2.75, 3.05) is 11.9 Å². The zero-order valence-electron chi connectivity index (χ0n) is 13.2. The van der Waals surface area contributed by atoms with Gasteiger partial charge in [0.05, 0.1) is 5.69 Å². The largest absolute Gasteiger partial charge is 0.317 e. The first-order valence-corrected chi connectivity index (χ1v) is 7.17. The second-order valence-electron chi connectivity index (χ2n) is 5.62. The molecular formula is C17H18F2N2O2. The fourth-order valence-electron chi connectivity index (χ4n) is 2.41. The molecule has 0 unspecified atom stereocenters. The molecule has 0 N–H and O–H groups in total. The first-order chi connectivity index (χ1) is 10.8. The van der Waals surface area contributed by atoms with Crippen molar-refractivity contribution >= 4 is 11.6 Å². The number of hydrogen-bond donors (Lipinski definition) is 0. The molecule has 0 bridgehead atoms. The Kier molecular flexibility index (Phi) is 4.93. The zero-order valence-corrected chi connectivity index (χ0v) is 13.2.